The highest BCUT2D eigenvalue weighted by atomic mass is 79.9. The number of aliphatic hydroxyl groups is 1. The van der Waals surface area contributed by atoms with Gasteiger partial charge >= 0.3 is 0 Å². The van der Waals surface area contributed by atoms with Gasteiger partial charge in [-0.1, -0.05) is 0 Å². The number of hydrogen-bond donors (Lipinski definition) is 1. The largest absolute Gasteiger partial charge is 0.486 e. The lowest BCUT2D eigenvalue weighted by molar-refractivity contribution is 0.163. The number of fused-ring (bicyclic) bond motifs is 1. The lowest BCUT2D eigenvalue weighted by Gasteiger charge is -2.21. The minimum atomic E-state index is -0.608. The summed E-state index contributed by atoms with van der Waals surface area (Å²) in [5.41, 5.74) is 1.71. The molecule has 0 spiro atoms. The van der Waals surface area contributed by atoms with Gasteiger partial charge in [0, 0.05) is 11.8 Å². The molecule has 0 radical (unpaired) electrons. The van der Waals surface area contributed by atoms with E-state index in [1.54, 1.807) is 11.3 Å². The second kappa shape index (κ2) is 5.71. The predicted molar refractivity (Wildman–Crippen MR) is 80.6 cm³/mol. The number of ether oxygens (including phenoxy) is 2. The third-order valence-electron chi connectivity index (χ3n) is 3.07. The molecule has 3 rings (SSSR count). The van der Waals surface area contributed by atoms with Gasteiger partial charge in [0.1, 0.15) is 13.2 Å². The number of thiazole rings is 1. The van der Waals surface area contributed by atoms with Gasteiger partial charge in [-0.15, -0.1) is 11.3 Å². The number of halogens is 1. The van der Waals surface area contributed by atoms with Crippen molar-refractivity contribution in [2.24, 2.45) is 0 Å². The highest BCUT2D eigenvalue weighted by molar-refractivity contribution is 9.10. The van der Waals surface area contributed by atoms with Crippen LogP contribution in [0.2, 0.25) is 0 Å². The average molecular weight is 356 g/mol. The van der Waals surface area contributed by atoms with Gasteiger partial charge in [-0.3, -0.25) is 0 Å². The van der Waals surface area contributed by atoms with Crippen LogP contribution in [0.4, 0.5) is 0 Å². The van der Waals surface area contributed by atoms with Crippen LogP contribution in [0.1, 0.15) is 22.4 Å². The first-order valence-corrected chi connectivity index (χ1v) is 7.99. The van der Waals surface area contributed by atoms with E-state index in [0.717, 1.165) is 20.7 Å². The van der Waals surface area contributed by atoms with Crippen LogP contribution < -0.4 is 9.47 Å². The van der Waals surface area contributed by atoms with Crippen molar-refractivity contribution in [3.05, 3.63) is 38.3 Å². The van der Waals surface area contributed by atoms with Crippen molar-refractivity contribution in [2.75, 3.05) is 13.2 Å². The number of nitrogens with zero attached hydrogens (tertiary/aromatic N) is 1. The molecule has 1 aliphatic rings. The molecule has 1 aromatic heterocycles. The molecular weight excluding hydrogens is 342 g/mol. The molecule has 1 aromatic carbocycles. The van der Waals surface area contributed by atoms with Gasteiger partial charge in [-0.25, -0.2) is 4.98 Å². The van der Waals surface area contributed by atoms with E-state index in [0.29, 0.717) is 31.1 Å². The summed E-state index contributed by atoms with van der Waals surface area (Å²) in [5.74, 6) is 1.38. The zero-order valence-electron chi connectivity index (χ0n) is 10.9. The number of hydrogen-bond acceptors (Lipinski definition) is 5. The Morgan fingerprint density at radius 1 is 1.40 bits per heavy atom. The Morgan fingerprint density at radius 2 is 2.20 bits per heavy atom. The van der Waals surface area contributed by atoms with Crippen LogP contribution >= 0.6 is 27.3 Å². The molecule has 0 fully saturated rings. The van der Waals surface area contributed by atoms with Gasteiger partial charge in [-0.2, -0.15) is 0 Å². The molecule has 20 heavy (non-hydrogen) atoms. The van der Waals surface area contributed by atoms with Crippen LogP contribution in [0, 0.1) is 6.92 Å². The number of aliphatic hydroxyl groups excluding tert-OH is 1. The molecule has 2 heterocycles. The van der Waals surface area contributed by atoms with E-state index in [1.165, 1.54) is 0 Å². The van der Waals surface area contributed by atoms with E-state index in [1.807, 2.05) is 24.4 Å². The first-order valence-electron chi connectivity index (χ1n) is 6.31. The highest BCUT2D eigenvalue weighted by Gasteiger charge is 2.19. The maximum Gasteiger partial charge on any atom is 0.175 e. The Balaban J connectivity index is 1.84. The summed E-state index contributed by atoms with van der Waals surface area (Å²) in [6.45, 7) is 3.04. The Hall–Kier alpha value is -1.11. The van der Waals surface area contributed by atoms with Crippen molar-refractivity contribution in [1.82, 2.24) is 4.98 Å². The van der Waals surface area contributed by atoms with Crippen molar-refractivity contribution < 1.29 is 14.6 Å². The van der Waals surface area contributed by atoms with Crippen molar-refractivity contribution in [3.8, 4) is 11.5 Å². The van der Waals surface area contributed by atoms with E-state index in [4.69, 9.17) is 9.47 Å². The van der Waals surface area contributed by atoms with Crippen LogP contribution in [0.3, 0.4) is 0 Å². The number of aryl methyl sites for hydroxylation is 1. The molecule has 1 aliphatic heterocycles. The first-order chi connectivity index (χ1) is 9.63. The van der Waals surface area contributed by atoms with Gasteiger partial charge in [0.25, 0.3) is 0 Å². The molecule has 0 aliphatic carbocycles. The van der Waals surface area contributed by atoms with Crippen LogP contribution in [0.5, 0.6) is 11.5 Å². The maximum atomic E-state index is 10.4. The number of rotatable bonds is 3. The predicted octanol–water partition coefficient (Wildman–Crippen LogP) is 3.26. The first kappa shape index (κ1) is 13.9. The lowest BCUT2D eigenvalue weighted by atomic mass is 10.0. The minimum absolute atomic E-state index is 0.496. The smallest absolute Gasteiger partial charge is 0.175 e. The molecule has 0 saturated carbocycles. The summed E-state index contributed by atoms with van der Waals surface area (Å²) in [5, 5.41) is 13.3. The summed E-state index contributed by atoms with van der Waals surface area (Å²) in [6, 6.07) is 3.71. The lowest BCUT2D eigenvalue weighted by Crippen LogP contribution is -2.16. The maximum absolute atomic E-state index is 10.4. The quantitative estimate of drug-likeness (QED) is 0.917. The van der Waals surface area contributed by atoms with Crippen molar-refractivity contribution in [2.45, 2.75) is 19.4 Å². The fourth-order valence-electron chi connectivity index (χ4n) is 2.14. The fourth-order valence-corrected chi connectivity index (χ4v) is 3.34. The van der Waals surface area contributed by atoms with Gasteiger partial charge in [0.05, 0.1) is 21.3 Å². The Morgan fingerprint density at radius 3 is 2.95 bits per heavy atom. The van der Waals surface area contributed by atoms with Crippen LogP contribution in [0.15, 0.2) is 22.0 Å². The molecule has 2 aromatic rings. The van der Waals surface area contributed by atoms with Crippen LogP contribution in [0.25, 0.3) is 0 Å². The van der Waals surface area contributed by atoms with E-state index in [9.17, 15) is 5.11 Å². The topological polar surface area (TPSA) is 51.6 Å². The molecule has 1 atom stereocenters. The molecule has 1 N–H and O–H groups in total. The summed E-state index contributed by atoms with van der Waals surface area (Å²) in [4.78, 5) is 4.38. The Kier molecular flexibility index (Phi) is 3.96. The van der Waals surface area contributed by atoms with Gasteiger partial charge in [0.2, 0.25) is 0 Å². The molecule has 0 bridgehead atoms. The van der Waals surface area contributed by atoms with Crippen LogP contribution in [-0.4, -0.2) is 23.3 Å². The van der Waals surface area contributed by atoms with Crippen molar-refractivity contribution in [3.63, 3.8) is 0 Å². The summed E-state index contributed by atoms with van der Waals surface area (Å²) in [7, 11) is 0. The second-order valence-electron chi connectivity index (χ2n) is 4.60. The third kappa shape index (κ3) is 2.82. The average Bonchev–Trinajstić information content (AvgIpc) is 2.84. The summed E-state index contributed by atoms with van der Waals surface area (Å²) >= 11 is 5.05. The Labute approximate surface area is 129 Å². The van der Waals surface area contributed by atoms with E-state index in [-0.39, 0.29) is 0 Å². The zero-order chi connectivity index (χ0) is 14.1. The molecule has 4 nitrogen and oxygen atoms in total. The third-order valence-corrected chi connectivity index (χ3v) is 4.48. The van der Waals surface area contributed by atoms with E-state index in [2.05, 4.69) is 20.9 Å². The fraction of sp³-hybridized carbons (Fsp3) is 0.357. The molecule has 0 amide bonds. The SMILES string of the molecule is Cc1nc(CC(O)c2cc(Br)c3c(c2)OCCO3)cs1. The molecule has 0 saturated heterocycles. The van der Waals surface area contributed by atoms with E-state index < -0.39 is 6.10 Å². The van der Waals surface area contributed by atoms with Crippen LogP contribution in [-0.2, 0) is 6.42 Å². The van der Waals surface area contributed by atoms with Gasteiger partial charge < -0.3 is 14.6 Å². The van der Waals surface area contributed by atoms with Gasteiger partial charge in [-0.05, 0) is 40.5 Å². The van der Waals surface area contributed by atoms with Crippen molar-refractivity contribution >= 4 is 27.3 Å². The monoisotopic (exact) mass is 355 g/mol. The highest BCUT2D eigenvalue weighted by Crippen LogP contribution is 2.40. The number of benzene rings is 1. The van der Waals surface area contributed by atoms with Crippen molar-refractivity contribution in [1.29, 1.82) is 0 Å². The molecule has 6 heteroatoms. The second-order valence-corrected chi connectivity index (χ2v) is 6.52. The normalized spacial score (nSPS) is 15.2. The molecule has 1 unspecified atom stereocenters. The van der Waals surface area contributed by atoms with E-state index >= 15 is 0 Å². The summed E-state index contributed by atoms with van der Waals surface area (Å²) in [6.07, 6.45) is -0.111. The molecular formula is C14H14BrNO3S. The summed E-state index contributed by atoms with van der Waals surface area (Å²) < 4.78 is 11.9. The molecule has 106 valence electrons. The minimum Gasteiger partial charge on any atom is -0.486 e. The van der Waals surface area contributed by atoms with Gasteiger partial charge in [0.15, 0.2) is 11.5 Å². The Bertz CT molecular complexity index is 629. The standard InChI is InChI=1S/C14H14BrNO3S/c1-8-16-10(7-20-8)6-12(17)9-4-11(15)14-13(5-9)18-2-3-19-14/h4-5,7,12,17H,2-3,6H2,1H3. The number of aromatic nitrogens is 1. The zero-order valence-corrected chi connectivity index (χ0v) is 13.3.